The van der Waals surface area contributed by atoms with Gasteiger partial charge >= 0.3 is 12.1 Å². The molecule has 30 heavy (non-hydrogen) atoms. The zero-order valence-corrected chi connectivity index (χ0v) is 16.6. The van der Waals surface area contributed by atoms with E-state index < -0.39 is 29.4 Å². The Morgan fingerprint density at radius 3 is 2.60 bits per heavy atom. The first-order chi connectivity index (χ1) is 14.2. The molecular weight excluding hydrogens is 397 g/mol. The Hall–Kier alpha value is -2.77. The van der Waals surface area contributed by atoms with Crippen LogP contribution in [0.3, 0.4) is 0 Å². The molecule has 1 aromatic carbocycles. The zero-order chi connectivity index (χ0) is 21.5. The normalized spacial score (nSPS) is 19.1. The Balaban J connectivity index is 1.65. The number of H-pyrrole nitrogens is 1. The quantitative estimate of drug-likeness (QED) is 0.688. The average molecular weight is 420 g/mol. The van der Waals surface area contributed by atoms with Gasteiger partial charge in [-0.15, -0.1) is 0 Å². The monoisotopic (exact) mass is 420 g/mol. The summed E-state index contributed by atoms with van der Waals surface area (Å²) in [5.41, 5.74) is 1.05. The van der Waals surface area contributed by atoms with Gasteiger partial charge in [0.05, 0.1) is 7.11 Å². The molecule has 2 N–H and O–H groups in total. The fraction of sp³-hybridized carbons (Fsp3) is 0.455. The molecular formula is C22H23F3N2O3. The Morgan fingerprint density at radius 2 is 1.93 bits per heavy atom. The van der Waals surface area contributed by atoms with Crippen LogP contribution >= 0.6 is 0 Å². The van der Waals surface area contributed by atoms with Crippen LogP contribution in [0.25, 0.3) is 10.9 Å². The SMILES string of the molecule is COC(=O)C(Cc1c[nH]c2ccccc12)NC1=C(C(=O)C(F)(F)F)C2(CCCC2)C1. The summed E-state index contributed by atoms with van der Waals surface area (Å²) in [4.78, 5) is 27.7. The number of fused-ring (bicyclic) bond motifs is 1. The lowest BCUT2D eigenvalue weighted by Gasteiger charge is -2.44. The minimum Gasteiger partial charge on any atom is -0.467 e. The van der Waals surface area contributed by atoms with Gasteiger partial charge in [0.15, 0.2) is 0 Å². The van der Waals surface area contributed by atoms with Gasteiger partial charge in [0.25, 0.3) is 5.78 Å². The predicted octanol–water partition coefficient (Wildman–Crippen LogP) is 4.19. The molecule has 2 aliphatic rings. The first-order valence-electron chi connectivity index (χ1n) is 10.00. The third kappa shape index (κ3) is 3.48. The molecule has 1 atom stereocenters. The molecule has 160 valence electrons. The van der Waals surface area contributed by atoms with E-state index in [1.54, 1.807) is 6.20 Å². The number of ether oxygens (including phenoxy) is 1. The van der Waals surface area contributed by atoms with Crippen LogP contribution in [0.1, 0.15) is 37.7 Å². The molecule has 0 bridgehead atoms. The number of para-hydroxylation sites is 1. The molecule has 2 aliphatic carbocycles. The topological polar surface area (TPSA) is 71.2 Å². The lowest BCUT2D eigenvalue weighted by molar-refractivity contribution is -0.168. The molecule has 4 rings (SSSR count). The van der Waals surface area contributed by atoms with Crippen LogP contribution in [-0.2, 0) is 20.7 Å². The molecule has 1 fully saturated rings. The van der Waals surface area contributed by atoms with E-state index in [0.717, 1.165) is 29.3 Å². The van der Waals surface area contributed by atoms with E-state index in [1.807, 2.05) is 24.3 Å². The summed E-state index contributed by atoms with van der Waals surface area (Å²) in [6, 6.07) is 6.67. The zero-order valence-electron chi connectivity index (χ0n) is 16.6. The van der Waals surface area contributed by atoms with Crippen molar-refractivity contribution in [3.05, 3.63) is 47.3 Å². The predicted molar refractivity (Wildman–Crippen MR) is 105 cm³/mol. The summed E-state index contributed by atoms with van der Waals surface area (Å²) in [7, 11) is 1.24. The molecule has 0 aliphatic heterocycles. The molecule has 1 spiro atoms. The van der Waals surface area contributed by atoms with Crippen molar-refractivity contribution in [1.29, 1.82) is 0 Å². The van der Waals surface area contributed by atoms with Crippen molar-refractivity contribution in [2.45, 2.75) is 50.7 Å². The summed E-state index contributed by atoms with van der Waals surface area (Å²) in [5, 5.41) is 3.86. The fourth-order valence-corrected chi connectivity index (χ4v) is 4.92. The van der Waals surface area contributed by atoms with Crippen LogP contribution < -0.4 is 5.32 Å². The molecule has 5 nitrogen and oxygen atoms in total. The van der Waals surface area contributed by atoms with Crippen LogP contribution in [-0.4, -0.2) is 36.1 Å². The van der Waals surface area contributed by atoms with Gasteiger partial charge in [0.2, 0.25) is 0 Å². The van der Waals surface area contributed by atoms with Crippen molar-refractivity contribution in [3.8, 4) is 0 Å². The number of allylic oxidation sites excluding steroid dienone is 2. The number of aromatic amines is 1. The molecule has 8 heteroatoms. The minimum atomic E-state index is -4.93. The second-order valence-electron chi connectivity index (χ2n) is 8.13. The number of methoxy groups -OCH3 is 1. The second-order valence-corrected chi connectivity index (χ2v) is 8.13. The largest absolute Gasteiger partial charge is 0.467 e. The Labute approximate surface area is 171 Å². The minimum absolute atomic E-state index is 0.194. The van der Waals surface area contributed by atoms with Gasteiger partial charge < -0.3 is 15.0 Å². The van der Waals surface area contributed by atoms with Gasteiger partial charge in [0.1, 0.15) is 6.04 Å². The third-order valence-electron chi connectivity index (χ3n) is 6.33. The molecule has 0 saturated heterocycles. The molecule has 1 saturated carbocycles. The number of hydrogen-bond donors (Lipinski definition) is 2. The second kappa shape index (κ2) is 7.49. The maximum atomic E-state index is 13.3. The standard InChI is InChI=1S/C22H23F3N2O3/c1-30-20(29)16(10-13-12-26-15-7-3-2-6-14(13)15)27-17-11-21(8-4-5-9-21)18(17)19(28)22(23,24)25/h2-3,6-7,12,16,26-27H,4-5,8-11H2,1H3. The number of alkyl halides is 3. The van der Waals surface area contributed by atoms with Gasteiger partial charge in [0, 0.05) is 40.2 Å². The van der Waals surface area contributed by atoms with Gasteiger partial charge in [-0.2, -0.15) is 13.2 Å². The summed E-state index contributed by atoms with van der Waals surface area (Å²) in [6.45, 7) is 0. The van der Waals surface area contributed by atoms with E-state index in [1.165, 1.54) is 7.11 Å². The van der Waals surface area contributed by atoms with Gasteiger partial charge in [-0.3, -0.25) is 4.79 Å². The number of Topliss-reactive ketones (excluding diaryl/α,β-unsaturated/α-hetero) is 1. The van der Waals surface area contributed by atoms with Crippen molar-refractivity contribution < 1.29 is 27.5 Å². The van der Waals surface area contributed by atoms with E-state index in [2.05, 4.69) is 10.3 Å². The lowest BCUT2D eigenvalue weighted by atomic mass is 9.63. The van der Waals surface area contributed by atoms with E-state index in [4.69, 9.17) is 4.74 Å². The van der Waals surface area contributed by atoms with E-state index in [9.17, 15) is 22.8 Å². The number of hydrogen-bond acceptors (Lipinski definition) is 4. The highest BCUT2D eigenvalue weighted by molar-refractivity contribution is 6.03. The maximum Gasteiger partial charge on any atom is 0.454 e. The molecule has 2 aromatic rings. The molecule has 0 radical (unpaired) electrons. The first-order valence-corrected chi connectivity index (χ1v) is 10.00. The van der Waals surface area contributed by atoms with Crippen LogP contribution in [0.4, 0.5) is 13.2 Å². The smallest absolute Gasteiger partial charge is 0.454 e. The number of esters is 1. The van der Waals surface area contributed by atoms with Crippen molar-refractivity contribution in [3.63, 3.8) is 0 Å². The first kappa shape index (κ1) is 20.5. The Morgan fingerprint density at radius 1 is 1.23 bits per heavy atom. The van der Waals surface area contributed by atoms with E-state index in [-0.39, 0.29) is 17.7 Å². The Bertz CT molecular complexity index is 1020. The lowest BCUT2D eigenvalue weighted by Crippen LogP contribution is -2.49. The van der Waals surface area contributed by atoms with E-state index >= 15 is 0 Å². The molecule has 0 amide bonds. The van der Waals surface area contributed by atoms with Crippen LogP contribution in [0, 0.1) is 5.41 Å². The highest BCUT2D eigenvalue weighted by atomic mass is 19.4. The van der Waals surface area contributed by atoms with Gasteiger partial charge in [-0.05, 0) is 30.9 Å². The number of carbonyl (C=O) groups is 2. The van der Waals surface area contributed by atoms with E-state index in [0.29, 0.717) is 19.3 Å². The fourth-order valence-electron chi connectivity index (χ4n) is 4.92. The number of halogens is 3. The number of carbonyl (C=O) groups excluding carboxylic acids is 2. The number of benzene rings is 1. The van der Waals surface area contributed by atoms with Crippen molar-refractivity contribution in [2.75, 3.05) is 7.11 Å². The van der Waals surface area contributed by atoms with Crippen molar-refractivity contribution in [2.24, 2.45) is 5.41 Å². The summed E-state index contributed by atoms with van der Waals surface area (Å²) >= 11 is 0. The molecule has 1 aromatic heterocycles. The highest BCUT2D eigenvalue weighted by Gasteiger charge is 2.56. The number of ketones is 1. The van der Waals surface area contributed by atoms with Crippen LogP contribution in [0.2, 0.25) is 0 Å². The molecule has 1 unspecified atom stereocenters. The van der Waals surface area contributed by atoms with Gasteiger partial charge in [-0.25, -0.2) is 4.79 Å². The average Bonchev–Trinajstić information content (AvgIpc) is 3.34. The number of aromatic nitrogens is 1. The van der Waals surface area contributed by atoms with Gasteiger partial charge in [-0.1, -0.05) is 31.0 Å². The van der Waals surface area contributed by atoms with Crippen molar-refractivity contribution >= 4 is 22.7 Å². The number of nitrogens with one attached hydrogen (secondary N) is 2. The van der Waals surface area contributed by atoms with Crippen molar-refractivity contribution in [1.82, 2.24) is 10.3 Å². The highest BCUT2D eigenvalue weighted by Crippen LogP contribution is 2.57. The maximum absolute atomic E-state index is 13.3. The van der Waals surface area contributed by atoms with Crippen LogP contribution in [0.15, 0.2) is 41.7 Å². The summed E-state index contributed by atoms with van der Waals surface area (Å²) in [5.74, 6) is -2.38. The number of rotatable bonds is 6. The van der Waals surface area contributed by atoms with Crippen LogP contribution in [0.5, 0.6) is 0 Å². The Kier molecular flexibility index (Phi) is 5.11. The summed E-state index contributed by atoms with van der Waals surface area (Å²) < 4.78 is 44.7. The summed E-state index contributed by atoms with van der Waals surface area (Å²) in [6.07, 6.45) is 0.163. The molecule has 1 heterocycles. The third-order valence-corrected chi connectivity index (χ3v) is 6.33.